The number of carbonyl (C=O) groups is 1. The number of carbonyl (C=O) groups excluding carboxylic acids is 1. The van der Waals surface area contributed by atoms with Gasteiger partial charge in [-0.3, -0.25) is 9.69 Å². The van der Waals surface area contributed by atoms with Crippen LogP contribution in [0.2, 0.25) is 0 Å². The first kappa shape index (κ1) is 21.9. The number of hydrogen-bond donors (Lipinski definition) is 0. The number of rotatable bonds is 7. The fourth-order valence-electron chi connectivity index (χ4n) is 3.02. The molecule has 1 amide bonds. The van der Waals surface area contributed by atoms with Gasteiger partial charge in [0.05, 0.1) is 18.2 Å². The highest BCUT2D eigenvalue weighted by Gasteiger charge is 2.31. The fraction of sp³-hybridized carbons (Fsp3) is 0.381. The molecule has 0 aliphatic heterocycles. The molecular weight excluding hydrogens is 369 g/mol. The standard InChI is InChI=1S/C21H25F3N2O2/c1-25(2)20(27)17-9-5-7-15(11-17)13-26(3)19(14-28-4)16-8-6-10-18(12-16)21(22,23)24/h5-12,19H,13-14H2,1-4H3/t19-/m1/s1. The van der Waals surface area contributed by atoms with Gasteiger partial charge in [0.15, 0.2) is 0 Å². The first-order valence-electron chi connectivity index (χ1n) is 8.80. The van der Waals surface area contributed by atoms with Crippen LogP contribution in [0, 0.1) is 0 Å². The van der Waals surface area contributed by atoms with Gasteiger partial charge in [-0.2, -0.15) is 13.2 Å². The molecule has 0 aliphatic rings. The number of nitrogens with zero attached hydrogens (tertiary/aromatic N) is 2. The predicted molar refractivity (Wildman–Crippen MR) is 102 cm³/mol. The number of ether oxygens (including phenoxy) is 1. The van der Waals surface area contributed by atoms with Crippen LogP contribution in [-0.2, 0) is 17.5 Å². The average Bonchev–Trinajstić information content (AvgIpc) is 2.65. The smallest absolute Gasteiger partial charge is 0.383 e. The summed E-state index contributed by atoms with van der Waals surface area (Å²) in [7, 11) is 6.71. The Balaban J connectivity index is 2.26. The molecule has 0 saturated heterocycles. The van der Waals surface area contributed by atoms with Crippen LogP contribution >= 0.6 is 0 Å². The molecule has 0 saturated carbocycles. The molecule has 0 N–H and O–H groups in total. The normalized spacial score (nSPS) is 12.9. The van der Waals surface area contributed by atoms with E-state index in [2.05, 4.69) is 0 Å². The molecule has 0 aromatic heterocycles. The van der Waals surface area contributed by atoms with Crippen molar-refractivity contribution in [2.24, 2.45) is 0 Å². The lowest BCUT2D eigenvalue weighted by molar-refractivity contribution is -0.137. The molecule has 0 fully saturated rings. The number of methoxy groups -OCH3 is 1. The lowest BCUT2D eigenvalue weighted by atomic mass is 10.0. The molecule has 0 aliphatic carbocycles. The van der Waals surface area contributed by atoms with Crippen LogP contribution in [0.5, 0.6) is 0 Å². The van der Waals surface area contributed by atoms with Gasteiger partial charge in [-0.25, -0.2) is 0 Å². The van der Waals surface area contributed by atoms with Gasteiger partial charge in [-0.15, -0.1) is 0 Å². The van der Waals surface area contributed by atoms with E-state index in [0.29, 0.717) is 17.7 Å². The maximum Gasteiger partial charge on any atom is 0.416 e. The molecule has 152 valence electrons. The van der Waals surface area contributed by atoms with Crippen molar-refractivity contribution in [1.82, 2.24) is 9.80 Å². The van der Waals surface area contributed by atoms with Crippen LogP contribution < -0.4 is 0 Å². The topological polar surface area (TPSA) is 32.8 Å². The summed E-state index contributed by atoms with van der Waals surface area (Å²) >= 11 is 0. The zero-order chi connectivity index (χ0) is 20.9. The molecule has 0 bridgehead atoms. The second-order valence-corrected chi connectivity index (χ2v) is 6.91. The number of alkyl halides is 3. The van der Waals surface area contributed by atoms with Gasteiger partial charge >= 0.3 is 6.18 Å². The Morgan fingerprint density at radius 3 is 2.36 bits per heavy atom. The summed E-state index contributed by atoms with van der Waals surface area (Å²) in [6, 6.07) is 12.2. The van der Waals surface area contributed by atoms with Crippen molar-refractivity contribution in [3.63, 3.8) is 0 Å². The van der Waals surface area contributed by atoms with E-state index in [1.54, 1.807) is 38.4 Å². The van der Waals surface area contributed by atoms with Crippen molar-refractivity contribution < 1.29 is 22.7 Å². The Morgan fingerprint density at radius 2 is 1.75 bits per heavy atom. The molecule has 0 spiro atoms. The third-order valence-corrected chi connectivity index (χ3v) is 4.47. The molecule has 2 rings (SSSR count). The Bertz CT molecular complexity index is 806. The van der Waals surface area contributed by atoms with Gasteiger partial charge in [-0.05, 0) is 42.4 Å². The lowest BCUT2D eigenvalue weighted by Gasteiger charge is -2.28. The molecule has 0 heterocycles. The molecule has 0 radical (unpaired) electrons. The zero-order valence-corrected chi connectivity index (χ0v) is 16.5. The number of hydrogen-bond acceptors (Lipinski definition) is 3. The second kappa shape index (κ2) is 9.21. The van der Waals surface area contributed by atoms with Crippen LogP contribution in [0.1, 0.15) is 33.1 Å². The third-order valence-electron chi connectivity index (χ3n) is 4.47. The number of likely N-dealkylation sites (N-methyl/N-ethyl adjacent to an activating group) is 1. The van der Waals surface area contributed by atoms with Crippen LogP contribution in [0.3, 0.4) is 0 Å². The maximum atomic E-state index is 13.1. The second-order valence-electron chi connectivity index (χ2n) is 6.91. The van der Waals surface area contributed by atoms with E-state index in [4.69, 9.17) is 4.74 Å². The van der Waals surface area contributed by atoms with E-state index in [1.807, 2.05) is 18.0 Å². The van der Waals surface area contributed by atoms with E-state index < -0.39 is 11.7 Å². The summed E-state index contributed by atoms with van der Waals surface area (Å²) in [6.07, 6.45) is -4.40. The van der Waals surface area contributed by atoms with Crippen molar-refractivity contribution in [3.8, 4) is 0 Å². The molecule has 1 atom stereocenters. The minimum atomic E-state index is -4.40. The van der Waals surface area contributed by atoms with E-state index >= 15 is 0 Å². The van der Waals surface area contributed by atoms with Crippen molar-refractivity contribution in [2.75, 3.05) is 34.9 Å². The van der Waals surface area contributed by atoms with E-state index in [1.165, 1.54) is 18.1 Å². The first-order chi connectivity index (χ1) is 13.1. The molecule has 4 nitrogen and oxygen atoms in total. The van der Waals surface area contributed by atoms with Crippen molar-refractivity contribution in [1.29, 1.82) is 0 Å². The minimum absolute atomic E-state index is 0.101. The van der Waals surface area contributed by atoms with E-state index in [9.17, 15) is 18.0 Å². The Labute approximate surface area is 163 Å². The van der Waals surface area contributed by atoms with E-state index in [0.717, 1.165) is 17.7 Å². The van der Waals surface area contributed by atoms with Gasteiger partial charge in [0.1, 0.15) is 0 Å². The van der Waals surface area contributed by atoms with Crippen molar-refractivity contribution in [2.45, 2.75) is 18.8 Å². The summed E-state index contributed by atoms with van der Waals surface area (Å²) in [6.45, 7) is 0.701. The highest BCUT2D eigenvalue weighted by atomic mass is 19.4. The quantitative estimate of drug-likeness (QED) is 0.705. The van der Waals surface area contributed by atoms with Gasteiger partial charge in [0.25, 0.3) is 5.91 Å². The van der Waals surface area contributed by atoms with Crippen molar-refractivity contribution >= 4 is 5.91 Å². The SMILES string of the molecule is COC[C@H](c1cccc(C(F)(F)F)c1)N(C)Cc1cccc(C(=O)N(C)C)c1. The Hall–Kier alpha value is -2.38. The summed E-state index contributed by atoms with van der Waals surface area (Å²) in [5, 5.41) is 0. The molecule has 2 aromatic carbocycles. The minimum Gasteiger partial charge on any atom is -0.383 e. The molecule has 28 heavy (non-hydrogen) atoms. The number of halogens is 3. The van der Waals surface area contributed by atoms with Crippen LogP contribution in [0.25, 0.3) is 0 Å². The number of amides is 1. The van der Waals surface area contributed by atoms with Crippen molar-refractivity contribution in [3.05, 3.63) is 70.8 Å². The van der Waals surface area contributed by atoms with Crippen LogP contribution in [0.15, 0.2) is 48.5 Å². The monoisotopic (exact) mass is 394 g/mol. The fourth-order valence-corrected chi connectivity index (χ4v) is 3.02. The van der Waals surface area contributed by atoms with Crippen LogP contribution in [0.4, 0.5) is 13.2 Å². The summed E-state index contributed by atoms with van der Waals surface area (Å²) in [5.74, 6) is -0.101. The van der Waals surface area contributed by atoms with Gasteiger partial charge in [0, 0.05) is 33.3 Å². The molecular formula is C21H25F3N2O2. The maximum absolute atomic E-state index is 13.1. The Kier molecular flexibility index (Phi) is 7.21. The lowest BCUT2D eigenvalue weighted by Crippen LogP contribution is -2.28. The highest BCUT2D eigenvalue weighted by molar-refractivity contribution is 5.94. The molecule has 7 heteroatoms. The van der Waals surface area contributed by atoms with Gasteiger partial charge in [-0.1, -0.05) is 24.3 Å². The zero-order valence-electron chi connectivity index (χ0n) is 16.5. The average molecular weight is 394 g/mol. The summed E-state index contributed by atoms with van der Waals surface area (Å²) < 4.78 is 44.5. The van der Waals surface area contributed by atoms with Crippen LogP contribution in [-0.4, -0.2) is 50.6 Å². The largest absolute Gasteiger partial charge is 0.416 e. The highest BCUT2D eigenvalue weighted by Crippen LogP contribution is 2.32. The third kappa shape index (κ3) is 5.56. The van der Waals surface area contributed by atoms with Gasteiger partial charge < -0.3 is 9.64 Å². The summed E-state index contributed by atoms with van der Waals surface area (Å²) in [5.41, 5.74) is 1.30. The summed E-state index contributed by atoms with van der Waals surface area (Å²) in [4.78, 5) is 15.6. The Morgan fingerprint density at radius 1 is 1.07 bits per heavy atom. The molecule has 0 unspecified atom stereocenters. The predicted octanol–water partition coefficient (Wildman–Crippen LogP) is 4.23. The van der Waals surface area contributed by atoms with E-state index in [-0.39, 0.29) is 18.6 Å². The first-order valence-corrected chi connectivity index (χ1v) is 8.80. The van der Waals surface area contributed by atoms with Gasteiger partial charge in [0.2, 0.25) is 0 Å². The number of benzene rings is 2. The molecule has 2 aromatic rings.